The number of anilines is 1. The summed E-state index contributed by atoms with van der Waals surface area (Å²) in [6.07, 6.45) is 2.48. The first-order valence-corrected chi connectivity index (χ1v) is 9.55. The molecule has 0 saturated heterocycles. The molecule has 5 heteroatoms. The first-order chi connectivity index (χ1) is 12.6. The Morgan fingerprint density at radius 3 is 2.54 bits per heavy atom. The molecule has 0 atom stereocenters. The maximum Gasteiger partial charge on any atom is 0.235 e. The number of rotatable bonds is 4. The molecule has 1 heterocycles. The third-order valence-corrected chi connectivity index (χ3v) is 5.85. The van der Waals surface area contributed by atoms with Gasteiger partial charge in [-0.2, -0.15) is 0 Å². The van der Waals surface area contributed by atoms with Gasteiger partial charge in [-0.3, -0.25) is 4.79 Å². The predicted octanol–water partition coefficient (Wildman–Crippen LogP) is 5.32. The summed E-state index contributed by atoms with van der Waals surface area (Å²) in [6.45, 7) is 1.98. The highest BCUT2D eigenvalue weighted by Crippen LogP contribution is 2.44. The average Bonchev–Trinajstić information content (AvgIpc) is 3.01. The number of aryl methyl sites for hydroxylation is 1. The predicted molar refractivity (Wildman–Crippen MR) is 103 cm³/mol. The number of hydrogen-bond donors (Lipinski definition) is 1. The fourth-order valence-corrected chi connectivity index (χ4v) is 4.06. The molecule has 1 aliphatic rings. The quantitative estimate of drug-likeness (QED) is 0.679. The second-order valence-corrected chi connectivity index (χ2v) is 7.79. The van der Waals surface area contributed by atoms with Crippen LogP contribution in [-0.2, 0) is 10.2 Å². The topological polar surface area (TPSA) is 42.0 Å². The average molecular weight is 366 g/mol. The molecule has 0 unspecified atom stereocenters. The van der Waals surface area contributed by atoms with Crippen molar-refractivity contribution in [1.29, 1.82) is 0 Å². The number of carbonyl (C=O) groups excluding carboxylic acids is 1. The van der Waals surface area contributed by atoms with Crippen molar-refractivity contribution in [2.24, 2.45) is 0 Å². The van der Waals surface area contributed by atoms with Gasteiger partial charge in [-0.25, -0.2) is 9.37 Å². The standard InChI is InChI=1S/C21H19FN2OS/c1-14-23-19(13-26-14)15-6-8-18(9-7-15)24-20(25)21(10-3-11-21)16-4-2-5-17(22)12-16/h2,4-9,12-13H,3,10-11H2,1H3,(H,24,25). The molecule has 1 aromatic heterocycles. The van der Waals surface area contributed by atoms with Gasteiger partial charge in [-0.1, -0.05) is 30.7 Å². The number of amides is 1. The van der Waals surface area contributed by atoms with Crippen LogP contribution in [0, 0.1) is 12.7 Å². The van der Waals surface area contributed by atoms with Gasteiger partial charge >= 0.3 is 0 Å². The van der Waals surface area contributed by atoms with Crippen LogP contribution in [0.4, 0.5) is 10.1 Å². The van der Waals surface area contributed by atoms with Gasteiger partial charge in [0.25, 0.3) is 0 Å². The molecule has 0 aliphatic heterocycles. The van der Waals surface area contributed by atoms with Crippen molar-refractivity contribution in [3.63, 3.8) is 0 Å². The third kappa shape index (κ3) is 3.03. The Balaban J connectivity index is 1.54. The minimum absolute atomic E-state index is 0.0633. The van der Waals surface area contributed by atoms with Crippen molar-refractivity contribution >= 4 is 22.9 Å². The van der Waals surface area contributed by atoms with E-state index < -0.39 is 5.41 Å². The summed E-state index contributed by atoms with van der Waals surface area (Å²) >= 11 is 1.62. The number of aromatic nitrogens is 1. The van der Waals surface area contributed by atoms with E-state index in [0.29, 0.717) is 0 Å². The van der Waals surface area contributed by atoms with Crippen LogP contribution >= 0.6 is 11.3 Å². The summed E-state index contributed by atoms with van der Waals surface area (Å²) in [5.41, 5.74) is 2.85. The summed E-state index contributed by atoms with van der Waals surface area (Å²) in [4.78, 5) is 17.4. The Morgan fingerprint density at radius 2 is 1.96 bits per heavy atom. The maximum absolute atomic E-state index is 13.6. The van der Waals surface area contributed by atoms with Crippen LogP contribution in [0.3, 0.4) is 0 Å². The van der Waals surface area contributed by atoms with Gasteiger partial charge < -0.3 is 5.32 Å². The van der Waals surface area contributed by atoms with Crippen molar-refractivity contribution < 1.29 is 9.18 Å². The lowest BCUT2D eigenvalue weighted by Gasteiger charge is -2.40. The van der Waals surface area contributed by atoms with Crippen LogP contribution in [0.5, 0.6) is 0 Å². The minimum Gasteiger partial charge on any atom is -0.325 e. The Bertz CT molecular complexity index is 945. The van der Waals surface area contributed by atoms with Crippen LogP contribution in [0.15, 0.2) is 53.9 Å². The van der Waals surface area contributed by atoms with Gasteiger partial charge in [0.05, 0.1) is 16.1 Å². The molecule has 26 heavy (non-hydrogen) atoms. The Hall–Kier alpha value is -2.53. The van der Waals surface area contributed by atoms with Crippen LogP contribution in [0.25, 0.3) is 11.3 Å². The summed E-state index contributed by atoms with van der Waals surface area (Å²) in [5, 5.41) is 6.06. The normalized spacial score (nSPS) is 15.3. The number of thiazole rings is 1. The highest BCUT2D eigenvalue weighted by atomic mass is 32.1. The summed E-state index contributed by atoms with van der Waals surface area (Å²) in [5.74, 6) is -0.365. The lowest BCUT2D eigenvalue weighted by atomic mass is 9.63. The van der Waals surface area contributed by atoms with E-state index in [-0.39, 0.29) is 11.7 Å². The van der Waals surface area contributed by atoms with E-state index in [1.54, 1.807) is 17.4 Å². The molecule has 0 spiro atoms. The zero-order valence-electron chi connectivity index (χ0n) is 14.5. The van der Waals surface area contributed by atoms with Gasteiger partial charge in [0.15, 0.2) is 0 Å². The summed E-state index contributed by atoms with van der Waals surface area (Å²) in [7, 11) is 0. The molecule has 1 amide bonds. The van der Waals surface area contributed by atoms with Gasteiger partial charge in [0, 0.05) is 16.6 Å². The smallest absolute Gasteiger partial charge is 0.235 e. The van der Waals surface area contributed by atoms with Crippen LogP contribution < -0.4 is 5.32 Å². The minimum atomic E-state index is -0.618. The maximum atomic E-state index is 13.6. The molecular weight excluding hydrogens is 347 g/mol. The fourth-order valence-electron chi connectivity index (χ4n) is 3.43. The van der Waals surface area contributed by atoms with E-state index in [4.69, 9.17) is 0 Å². The number of nitrogens with zero attached hydrogens (tertiary/aromatic N) is 1. The van der Waals surface area contributed by atoms with Crippen molar-refractivity contribution in [3.05, 3.63) is 70.3 Å². The third-order valence-electron chi connectivity index (χ3n) is 5.08. The molecule has 3 nitrogen and oxygen atoms in total. The van der Waals surface area contributed by atoms with Crippen molar-refractivity contribution in [2.75, 3.05) is 5.32 Å². The first kappa shape index (κ1) is 16.9. The number of benzene rings is 2. The van der Waals surface area contributed by atoms with Gasteiger partial charge in [-0.05, 0) is 49.6 Å². The monoisotopic (exact) mass is 366 g/mol. The second kappa shape index (κ2) is 6.65. The van der Waals surface area contributed by atoms with E-state index >= 15 is 0 Å². The second-order valence-electron chi connectivity index (χ2n) is 6.73. The molecule has 132 valence electrons. The molecule has 3 aromatic rings. The van der Waals surface area contributed by atoms with Crippen molar-refractivity contribution in [3.8, 4) is 11.3 Å². The molecule has 1 N–H and O–H groups in total. The summed E-state index contributed by atoms with van der Waals surface area (Å²) < 4.78 is 13.6. The van der Waals surface area contributed by atoms with E-state index in [1.165, 1.54) is 12.1 Å². The van der Waals surface area contributed by atoms with Gasteiger partial charge in [-0.15, -0.1) is 11.3 Å². The van der Waals surface area contributed by atoms with E-state index in [9.17, 15) is 9.18 Å². The fraction of sp³-hybridized carbons (Fsp3) is 0.238. The molecule has 4 rings (SSSR count). The Kier molecular flexibility index (Phi) is 4.32. The molecule has 0 bridgehead atoms. The van der Waals surface area contributed by atoms with Crippen molar-refractivity contribution in [2.45, 2.75) is 31.6 Å². The molecule has 1 saturated carbocycles. The molecule has 1 aliphatic carbocycles. The Labute approximate surface area is 155 Å². The number of carbonyl (C=O) groups is 1. The summed E-state index contributed by atoms with van der Waals surface area (Å²) in [6, 6.07) is 14.1. The van der Waals surface area contributed by atoms with Crippen molar-refractivity contribution in [1.82, 2.24) is 4.98 Å². The van der Waals surface area contributed by atoms with E-state index in [1.807, 2.05) is 42.6 Å². The highest BCUT2D eigenvalue weighted by Gasteiger charge is 2.45. The van der Waals surface area contributed by atoms with E-state index in [2.05, 4.69) is 10.3 Å². The van der Waals surface area contributed by atoms with E-state index in [0.717, 1.165) is 46.8 Å². The van der Waals surface area contributed by atoms with Crippen LogP contribution in [0.1, 0.15) is 29.8 Å². The number of nitrogens with one attached hydrogen (secondary N) is 1. The van der Waals surface area contributed by atoms with Gasteiger partial charge in [0.2, 0.25) is 5.91 Å². The first-order valence-electron chi connectivity index (χ1n) is 8.67. The van der Waals surface area contributed by atoms with Crippen LogP contribution in [0.2, 0.25) is 0 Å². The SMILES string of the molecule is Cc1nc(-c2ccc(NC(=O)C3(c4cccc(F)c4)CCC3)cc2)cs1. The number of halogens is 1. The largest absolute Gasteiger partial charge is 0.325 e. The number of hydrogen-bond acceptors (Lipinski definition) is 3. The van der Waals surface area contributed by atoms with Crippen LogP contribution in [-0.4, -0.2) is 10.9 Å². The lowest BCUT2D eigenvalue weighted by Crippen LogP contribution is -2.46. The van der Waals surface area contributed by atoms with Gasteiger partial charge in [0.1, 0.15) is 5.82 Å². The lowest BCUT2D eigenvalue weighted by molar-refractivity contribution is -0.124. The highest BCUT2D eigenvalue weighted by molar-refractivity contribution is 7.09. The molecular formula is C21H19FN2OS. The zero-order chi connectivity index (χ0) is 18.1. The Morgan fingerprint density at radius 1 is 1.19 bits per heavy atom. The molecule has 1 fully saturated rings. The zero-order valence-corrected chi connectivity index (χ0v) is 15.3. The molecule has 0 radical (unpaired) electrons. The molecule has 2 aromatic carbocycles.